The topological polar surface area (TPSA) is 79.4 Å². The fraction of sp³-hybridized carbons (Fsp3) is 0.286. The average molecular weight is 337 g/mol. The van der Waals surface area contributed by atoms with Gasteiger partial charge in [0.25, 0.3) is 5.91 Å². The smallest absolute Gasteiger partial charge is 0.257 e. The summed E-state index contributed by atoms with van der Waals surface area (Å²) in [5.74, 6) is -0.247. The minimum Gasteiger partial charge on any atom is -0.298 e. The van der Waals surface area contributed by atoms with Gasteiger partial charge >= 0.3 is 0 Å². The number of fused-ring (bicyclic) bond motifs is 1. The fourth-order valence-corrected chi connectivity index (χ4v) is 4.49. The number of anilines is 2. The van der Waals surface area contributed by atoms with Crippen molar-refractivity contribution in [2.75, 3.05) is 15.9 Å². The van der Waals surface area contributed by atoms with E-state index in [2.05, 4.69) is 10.3 Å². The van der Waals surface area contributed by atoms with E-state index in [4.69, 9.17) is 0 Å². The highest BCUT2D eigenvalue weighted by molar-refractivity contribution is 7.92. The maximum Gasteiger partial charge on any atom is 0.257 e. The van der Waals surface area contributed by atoms with Crippen molar-refractivity contribution in [3.63, 3.8) is 0 Å². The Labute approximate surface area is 132 Å². The number of aromatic nitrogens is 1. The number of hydrogen-bond acceptors (Lipinski definition) is 5. The molecule has 1 aromatic carbocycles. The maximum atomic E-state index is 12.2. The first kappa shape index (κ1) is 15.0. The first-order valence-corrected chi connectivity index (χ1v) is 9.42. The Morgan fingerprint density at radius 1 is 1.45 bits per heavy atom. The van der Waals surface area contributed by atoms with Crippen LogP contribution >= 0.6 is 11.3 Å². The number of nitrogens with one attached hydrogen (secondary N) is 1. The Bertz CT molecular complexity index is 816. The van der Waals surface area contributed by atoms with E-state index in [-0.39, 0.29) is 11.9 Å². The summed E-state index contributed by atoms with van der Waals surface area (Å²) in [6.07, 6.45) is 3.41. The highest BCUT2D eigenvalue weighted by atomic mass is 32.2. The van der Waals surface area contributed by atoms with Crippen LogP contribution in [-0.4, -0.2) is 31.6 Å². The van der Waals surface area contributed by atoms with Crippen molar-refractivity contribution in [3.05, 3.63) is 40.9 Å². The van der Waals surface area contributed by atoms with Crippen LogP contribution < -0.4 is 9.62 Å². The Morgan fingerprint density at radius 3 is 2.86 bits per heavy atom. The summed E-state index contributed by atoms with van der Waals surface area (Å²) < 4.78 is 25.2. The monoisotopic (exact) mass is 337 g/mol. The second kappa shape index (κ2) is 5.36. The van der Waals surface area contributed by atoms with Gasteiger partial charge in [0, 0.05) is 23.2 Å². The van der Waals surface area contributed by atoms with Crippen LogP contribution in [0.5, 0.6) is 0 Å². The molecule has 2 aromatic rings. The molecule has 1 aliphatic rings. The van der Waals surface area contributed by atoms with E-state index in [0.29, 0.717) is 22.8 Å². The first-order chi connectivity index (χ1) is 10.4. The van der Waals surface area contributed by atoms with Crippen molar-refractivity contribution in [3.8, 4) is 0 Å². The molecular weight excluding hydrogens is 322 g/mol. The van der Waals surface area contributed by atoms with Crippen LogP contribution in [0.15, 0.2) is 29.8 Å². The van der Waals surface area contributed by atoms with E-state index < -0.39 is 10.0 Å². The van der Waals surface area contributed by atoms with Crippen molar-refractivity contribution in [1.29, 1.82) is 0 Å². The summed E-state index contributed by atoms with van der Waals surface area (Å²) >= 11 is 1.34. The molecule has 1 aliphatic heterocycles. The molecule has 0 fully saturated rings. The molecule has 1 amide bonds. The zero-order chi connectivity index (χ0) is 15.9. The van der Waals surface area contributed by atoms with Gasteiger partial charge in [0.1, 0.15) is 0 Å². The van der Waals surface area contributed by atoms with Crippen LogP contribution in [0.3, 0.4) is 0 Å². The Kier molecular flexibility index (Phi) is 3.65. The molecule has 0 bridgehead atoms. The normalized spacial score (nSPS) is 17.4. The van der Waals surface area contributed by atoms with Gasteiger partial charge in [-0.15, -0.1) is 11.3 Å². The summed E-state index contributed by atoms with van der Waals surface area (Å²) in [7, 11) is -3.31. The molecular formula is C14H15N3O3S2. The van der Waals surface area contributed by atoms with Crippen LogP contribution in [0.4, 0.5) is 10.8 Å². The molecule has 0 saturated carbocycles. The summed E-state index contributed by atoms with van der Waals surface area (Å²) in [4.78, 5) is 16.2. The second-order valence-electron chi connectivity index (χ2n) is 5.25. The Morgan fingerprint density at radius 2 is 2.23 bits per heavy atom. The second-order valence-corrected chi connectivity index (χ2v) is 8.00. The highest BCUT2D eigenvalue weighted by Crippen LogP contribution is 2.34. The van der Waals surface area contributed by atoms with Crippen molar-refractivity contribution in [2.45, 2.75) is 19.4 Å². The van der Waals surface area contributed by atoms with Crippen LogP contribution in [-0.2, 0) is 16.4 Å². The molecule has 0 saturated heterocycles. The van der Waals surface area contributed by atoms with Crippen LogP contribution in [0.1, 0.15) is 22.8 Å². The summed E-state index contributed by atoms with van der Waals surface area (Å²) in [5.41, 5.74) is 2.02. The zero-order valence-electron chi connectivity index (χ0n) is 12.1. The SMILES string of the molecule is C[C@@H]1Cc2cc(C(=O)Nc3nccs3)ccc2N1S(C)(=O)=O. The van der Waals surface area contributed by atoms with Gasteiger partial charge in [0.15, 0.2) is 5.13 Å². The van der Waals surface area contributed by atoms with Crippen molar-refractivity contribution in [2.24, 2.45) is 0 Å². The molecule has 1 N–H and O–H groups in total. The lowest BCUT2D eigenvalue weighted by atomic mass is 10.1. The zero-order valence-corrected chi connectivity index (χ0v) is 13.7. The number of benzene rings is 1. The molecule has 0 spiro atoms. The number of amides is 1. The van der Waals surface area contributed by atoms with Crippen molar-refractivity contribution in [1.82, 2.24) is 4.98 Å². The third-order valence-electron chi connectivity index (χ3n) is 3.50. The molecule has 0 radical (unpaired) electrons. The molecule has 0 aliphatic carbocycles. The molecule has 1 atom stereocenters. The van der Waals surface area contributed by atoms with Crippen molar-refractivity contribution >= 4 is 38.1 Å². The molecule has 6 nitrogen and oxygen atoms in total. The summed E-state index contributed by atoms with van der Waals surface area (Å²) in [5, 5.41) is 5.04. The predicted molar refractivity (Wildman–Crippen MR) is 87.0 cm³/mol. The van der Waals surface area contributed by atoms with Crippen LogP contribution in [0, 0.1) is 0 Å². The third kappa shape index (κ3) is 2.71. The molecule has 22 heavy (non-hydrogen) atoms. The number of carbonyl (C=O) groups is 1. The van der Waals surface area contributed by atoms with Crippen LogP contribution in [0.25, 0.3) is 0 Å². The lowest BCUT2D eigenvalue weighted by Crippen LogP contribution is -2.34. The predicted octanol–water partition coefficient (Wildman–Crippen LogP) is 2.11. The van der Waals surface area contributed by atoms with Gasteiger partial charge in [0.05, 0.1) is 11.9 Å². The van der Waals surface area contributed by atoms with E-state index in [9.17, 15) is 13.2 Å². The van der Waals surface area contributed by atoms with E-state index in [0.717, 1.165) is 5.56 Å². The molecule has 116 valence electrons. The number of rotatable bonds is 3. The fourth-order valence-electron chi connectivity index (χ4n) is 2.70. The lowest BCUT2D eigenvalue weighted by Gasteiger charge is -2.21. The van der Waals surface area contributed by atoms with E-state index in [1.54, 1.807) is 29.8 Å². The summed E-state index contributed by atoms with van der Waals surface area (Å²) in [6, 6.07) is 4.94. The number of hydrogen-bond donors (Lipinski definition) is 1. The minimum absolute atomic E-state index is 0.137. The van der Waals surface area contributed by atoms with Gasteiger partial charge < -0.3 is 0 Å². The molecule has 2 heterocycles. The standard InChI is InChI=1S/C14H15N3O3S2/c1-9-7-11-8-10(13(18)16-14-15-5-6-21-14)3-4-12(11)17(9)22(2,19)20/h3-6,8-9H,7H2,1-2H3,(H,15,16,18)/t9-/m1/s1. The number of thiazole rings is 1. The number of nitrogens with zero attached hydrogens (tertiary/aromatic N) is 2. The first-order valence-electron chi connectivity index (χ1n) is 6.69. The molecule has 0 unspecified atom stereocenters. The summed E-state index contributed by atoms with van der Waals surface area (Å²) in [6.45, 7) is 1.86. The average Bonchev–Trinajstić information content (AvgIpc) is 3.02. The highest BCUT2D eigenvalue weighted by Gasteiger charge is 2.32. The third-order valence-corrected chi connectivity index (χ3v) is 5.46. The Hall–Kier alpha value is -1.93. The largest absolute Gasteiger partial charge is 0.298 e. The Balaban J connectivity index is 1.90. The quantitative estimate of drug-likeness (QED) is 0.930. The number of carbonyl (C=O) groups excluding carboxylic acids is 1. The van der Waals surface area contributed by atoms with E-state index in [1.807, 2.05) is 6.92 Å². The van der Waals surface area contributed by atoms with Crippen LogP contribution in [0.2, 0.25) is 0 Å². The van der Waals surface area contributed by atoms with Gasteiger partial charge in [-0.1, -0.05) is 0 Å². The van der Waals surface area contributed by atoms with Gasteiger partial charge in [-0.25, -0.2) is 13.4 Å². The van der Waals surface area contributed by atoms with E-state index in [1.165, 1.54) is 21.9 Å². The maximum absolute atomic E-state index is 12.2. The molecule has 1 aromatic heterocycles. The van der Waals surface area contributed by atoms with E-state index >= 15 is 0 Å². The number of sulfonamides is 1. The van der Waals surface area contributed by atoms with Gasteiger partial charge in [-0.2, -0.15) is 0 Å². The minimum atomic E-state index is -3.31. The van der Waals surface area contributed by atoms with Crippen molar-refractivity contribution < 1.29 is 13.2 Å². The van der Waals surface area contributed by atoms with Gasteiger partial charge in [-0.3, -0.25) is 14.4 Å². The van der Waals surface area contributed by atoms with Gasteiger partial charge in [-0.05, 0) is 37.1 Å². The molecule has 3 rings (SSSR count). The lowest BCUT2D eigenvalue weighted by molar-refractivity contribution is 0.102. The van der Waals surface area contributed by atoms with Gasteiger partial charge in [0.2, 0.25) is 10.0 Å². The molecule has 8 heteroatoms.